The Morgan fingerprint density at radius 2 is 2.37 bits per heavy atom. The summed E-state index contributed by atoms with van der Waals surface area (Å²) < 4.78 is 18.4. The Hall–Kier alpha value is -1.13. The zero-order valence-corrected chi connectivity index (χ0v) is 11.4. The van der Waals surface area contributed by atoms with Gasteiger partial charge in [0.2, 0.25) is 0 Å². The van der Waals surface area contributed by atoms with Gasteiger partial charge in [0.15, 0.2) is 5.78 Å². The number of hydrogen-bond acceptors (Lipinski definition) is 3. The molecular formula is C14H17ClFNO2. The van der Waals surface area contributed by atoms with E-state index >= 15 is 0 Å². The highest BCUT2D eigenvalue weighted by Crippen LogP contribution is 2.20. The number of benzene rings is 1. The molecule has 1 saturated heterocycles. The van der Waals surface area contributed by atoms with Crippen LogP contribution < -0.4 is 10.1 Å². The predicted molar refractivity (Wildman–Crippen MR) is 72.1 cm³/mol. The van der Waals surface area contributed by atoms with Crippen LogP contribution in [0, 0.1) is 11.7 Å². The molecule has 104 valence electrons. The number of ether oxygens (including phenoxy) is 1. The van der Waals surface area contributed by atoms with Gasteiger partial charge in [0.25, 0.3) is 0 Å². The first kappa shape index (κ1) is 14.3. The van der Waals surface area contributed by atoms with Crippen LogP contribution in [0.2, 0.25) is 5.02 Å². The molecule has 0 aromatic heterocycles. The van der Waals surface area contributed by atoms with Crippen molar-refractivity contribution in [3.8, 4) is 5.75 Å². The van der Waals surface area contributed by atoms with Crippen LogP contribution in [0.1, 0.15) is 19.3 Å². The third-order valence-corrected chi connectivity index (χ3v) is 3.59. The molecule has 1 atom stereocenters. The molecule has 1 unspecified atom stereocenters. The summed E-state index contributed by atoms with van der Waals surface area (Å²) in [6.07, 6.45) is 2.54. The van der Waals surface area contributed by atoms with Gasteiger partial charge < -0.3 is 10.1 Å². The summed E-state index contributed by atoms with van der Waals surface area (Å²) in [5, 5.41) is 3.32. The van der Waals surface area contributed by atoms with Crippen molar-refractivity contribution in [3.63, 3.8) is 0 Å². The fraction of sp³-hybridized carbons (Fsp3) is 0.500. The summed E-state index contributed by atoms with van der Waals surface area (Å²) in [6, 6.07) is 4.16. The molecule has 0 spiro atoms. The van der Waals surface area contributed by atoms with Gasteiger partial charge in [-0.2, -0.15) is 0 Å². The molecule has 1 aromatic carbocycles. The minimum absolute atomic E-state index is 0.0127. The van der Waals surface area contributed by atoms with Gasteiger partial charge in [-0.3, -0.25) is 4.79 Å². The molecule has 1 aliphatic rings. The topological polar surface area (TPSA) is 38.3 Å². The summed E-state index contributed by atoms with van der Waals surface area (Å²) in [7, 11) is 0. The first-order valence-corrected chi connectivity index (χ1v) is 6.83. The lowest BCUT2D eigenvalue weighted by atomic mass is 10.0. The number of ketones is 1. The van der Waals surface area contributed by atoms with E-state index in [2.05, 4.69) is 5.32 Å². The van der Waals surface area contributed by atoms with Crippen molar-refractivity contribution < 1.29 is 13.9 Å². The maximum absolute atomic E-state index is 13.2. The van der Waals surface area contributed by atoms with Gasteiger partial charge in [-0.25, -0.2) is 4.39 Å². The number of rotatable bonds is 6. The Morgan fingerprint density at radius 3 is 3.05 bits per heavy atom. The molecule has 5 heteroatoms. The highest BCUT2D eigenvalue weighted by Gasteiger charge is 2.15. The molecule has 0 saturated carbocycles. The molecule has 3 nitrogen and oxygen atoms in total. The Kier molecular flexibility index (Phi) is 5.16. The van der Waals surface area contributed by atoms with Crippen LogP contribution in [0.25, 0.3) is 0 Å². The first-order chi connectivity index (χ1) is 9.15. The Morgan fingerprint density at radius 1 is 1.53 bits per heavy atom. The van der Waals surface area contributed by atoms with E-state index in [4.69, 9.17) is 16.3 Å². The highest BCUT2D eigenvalue weighted by atomic mass is 35.5. The molecule has 19 heavy (non-hydrogen) atoms. The lowest BCUT2D eigenvalue weighted by Gasteiger charge is -2.08. The van der Waals surface area contributed by atoms with Crippen LogP contribution in [0.3, 0.4) is 0 Å². The monoisotopic (exact) mass is 285 g/mol. The van der Waals surface area contributed by atoms with Crippen LogP contribution in [0.5, 0.6) is 5.75 Å². The fourth-order valence-corrected chi connectivity index (χ4v) is 2.25. The quantitative estimate of drug-likeness (QED) is 0.873. The molecule has 1 heterocycles. The van der Waals surface area contributed by atoms with Crippen LogP contribution in [0.4, 0.5) is 4.39 Å². The number of carbonyl (C=O) groups is 1. The maximum Gasteiger partial charge on any atom is 0.170 e. The number of Topliss-reactive ketones (excluding diaryl/α,β-unsaturated/α-hetero) is 1. The molecule has 1 N–H and O–H groups in total. The zero-order valence-electron chi connectivity index (χ0n) is 10.6. The van der Waals surface area contributed by atoms with E-state index in [0.717, 1.165) is 25.9 Å². The van der Waals surface area contributed by atoms with Crippen molar-refractivity contribution in [1.29, 1.82) is 0 Å². The third kappa shape index (κ3) is 4.48. The molecule has 0 radical (unpaired) electrons. The minimum atomic E-state index is -0.538. The average molecular weight is 286 g/mol. The maximum atomic E-state index is 13.2. The van der Waals surface area contributed by atoms with Crippen LogP contribution >= 0.6 is 11.6 Å². The lowest BCUT2D eigenvalue weighted by molar-refractivity contribution is -0.121. The second-order valence-corrected chi connectivity index (χ2v) is 5.21. The lowest BCUT2D eigenvalue weighted by Crippen LogP contribution is -2.14. The highest BCUT2D eigenvalue weighted by molar-refractivity contribution is 6.30. The standard InChI is InChI=1S/C14H17ClFNO2/c15-13-4-3-12(7-14(13)16)19-9-11(18)2-1-10-5-6-17-8-10/h3-4,7,10,17H,1-2,5-6,8-9H2. The van der Waals surface area contributed by atoms with E-state index in [1.807, 2.05) is 0 Å². The number of halogens is 2. The SMILES string of the molecule is O=C(CCC1CCNC1)COc1ccc(Cl)c(F)c1. The summed E-state index contributed by atoms with van der Waals surface area (Å²) in [6.45, 7) is 2.02. The summed E-state index contributed by atoms with van der Waals surface area (Å²) in [5.41, 5.74) is 0. The van der Waals surface area contributed by atoms with Gasteiger partial charge in [0.05, 0.1) is 5.02 Å². The predicted octanol–water partition coefficient (Wildman–Crippen LogP) is 2.82. The van der Waals surface area contributed by atoms with Gasteiger partial charge in [-0.1, -0.05) is 11.6 Å². The molecule has 2 rings (SSSR count). The zero-order chi connectivity index (χ0) is 13.7. The van der Waals surface area contributed by atoms with Crippen LogP contribution in [-0.2, 0) is 4.79 Å². The van der Waals surface area contributed by atoms with Crippen molar-refractivity contribution in [2.45, 2.75) is 19.3 Å². The van der Waals surface area contributed by atoms with E-state index in [0.29, 0.717) is 18.1 Å². The van der Waals surface area contributed by atoms with Crippen molar-refractivity contribution in [1.82, 2.24) is 5.32 Å². The second-order valence-electron chi connectivity index (χ2n) is 4.80. The van der Waals surface area contributed by atoms with Gasteiger partial charge >= 0.3 is 0 Å². The Bertz CT molecular complexity index is 447. The molecule has 1 aromatic rings. The normalized spacial score (nSPS) is 18.5. The number of nitrogens with one attached hydrogen (secondary N) is 1. The third-order valence-electron chi connectivity index (χ3n) is 3.28. The van der Waals surface area contributed by atoms with E-state index in [1.54, 1.807) is 6.07 Å². The van der Waals surface area contributed by atoms with Crippen molar-refractivity contribution >= 4 is 17.4 Å². The van der Waals surface area contributed by atoms with Crippen molar-refractivity contribution in [2.75, 3.05) is 19.7 Å². The van der Waals surface area contributed by atoms with E-state index in [1.165, 1.54) is 12.1 Å². The minimum Gasteiger partial charge on any atom is -0.486 e. The van der Waals surface area contributed by atoms with Crippen molar-refractivity contribution in [2.24, 2.45) is 5.92 Å². The number of carbonyl (C=O) groups excluding carboxylic acids is 1. The molecule has 1 aliphatic heterocycles. The van der Waals surface area contributed by atoms with Crippen LogP contribution in [0.15, 0.2) is 18.2 Å². The van der Waals surface area contributed by atoms with Gasteiger partial charge in [-0.05, 0) is 44.0 Å². The van der Waals surface area contributed by atoms with Gasteiger partial charge in [-0.15, -0.1) is 0 Å². The van der Waals surface area contributed by atoms with E-state index < -0.39 is 5.82 Å². The molecule has 1 fully saturated rings. The second kappa shape index (κ2) is 6.87. The van der Waals surface area contributed by atoms with E-state index in [-0.39, 0.29) is 17.4 Å². The molecule has 0 bridgehead atoms. The molecule has 0 aliphatic carbocycles. The van der Waals surface area contributed by atoms with Crippen LogP contribution in [-0.4, -0.2) is 25.5 Å². The summed E-state index contributed by atoms with van der Waals surface area (Å²) in [4.78, 5) is 11.7. The average Bonchev–Trinajstić information content (AvgIpc) is 2.91. The van der Waals surface area contributed by atoms with Gasteiger partial charge in [0.1, 0.15) is 18.2 Å². The van der Waals surface area contributed by atoms with Gasteiger partial charge in [0, 0.05) is 12.5 Å². The fourth-order valence-electron chi connectivity index (χ4n) is 2.13. The smallest absolute Gasteiger partial charge is 0.170 e. The number of hydrogen-bond donors (Lipinski definition) is 1. The Balaban J connectivity index is 1.71. The summed E-state index contributed by atoms with van der Waals surface area (Å²) in [5.74, 6) is 0.431. The Labute approximate surface area is 117 Å². The molecule has 0 amide bonds. The van der Waals surface area contributed by atoms with E-state index in [9.17, 15) is 9.18 Å². The largest absolute Gasteiger partial charge is 0.486 e. The first-order valence-electron chi connectivity index (χ1n) is 6.45. The van der Waals surface area contributed by atoms with Crippen molar-refractivity contribution in [3.05, 3.63) is 29.0 Å². The summed E-state index contributed by atoms with van der Waals surface area (Å²) >= 11 is 5.56. The molecular weight excluding hydrogens is 269 g/mol.